The predicted octanol–water partition coefficient (Wildman–Crippen LogP) is 3.31. The van der Waals surface area contributed by atoms with Gasteiger partial charge in [-0.3, -0.25) is 4.99 Å². The molecule has 1 saturated heterocycles. The first-order chi connectivity index (χ1) is 10.8. The molecule has 1 atom stereocenters. The van der Waals surface area contributed by atoms with Gasteiger partial charge in [-0.15, -0.1) is 24.0 Å². The molecule has 2 rings (SSSR count). The van der Waals surface area contributed by atoms with Gasteiger partial charge in [0.25, 0.3) is 0 Å². The van der Waals surface area contributed by atoms with Gasteiger partial charge in [-0.25, -0.2) is 0 Å². The quantitative estimate of drug-likeness (QED) is 0.381. The Morgan fingerprint density at radius 2 is 2.17 bits per heavy atom. The van der Waals surface area contributed by atoms with Gasteiger partial charge in [-0.1, -0.05) is 18.2 Å². The highest BCUT2D eigenvalue weighted by Gasteiger charge is 2.15. The molecule has 0 radical (unpaired) electrons. The van der Waals surface area contributed by atoms with Gasteiger partial charge in [0.2, 0.25) is 0 Å². The number of ether oxygens (including phenoxy) is 1. The summed E-state index contributed by atoms with van der Waals surface area (Å²) >= 11 is 2.06. The molecule has 1 fully saturated rings. The minimum Gasteiger partial charge on any atom is -0.494 e. The van der Waals surface area contributed by atoms with Crippen LogP contribution in [0.4, 0.5) is 0 Å². The van der Waals surface area contributed by atoms with E-state index >= 15 is 0 Å². The molecule has 1 aliphatic rings. The highest BCUT2D eigenvalue weighted by molar-refractivity contribution is 14.0. The third-order valence-electron chi connectivity index (χ3n) is 3.70. The number of hydrogen-bond donors (Lipinski definition) is 2. The highest BCUT2D eigenvalue weighted by atomic mass is 127. The minimum atomic E-state index is 0. The number of nitrogens with zero attached hydrogens (tertiary/aromatic N) is 1. The Labute approximate surface area is 161 Å². The summed E-state index contributed by atoms with van der Waals surface area (Å²) in [6.45, 7) is 4.57. The van der Waals surface area contributed by atoms with E-state index in [-0.39, 0.29) is 24.0 Å². The van der Waals surface area contributed by atoms with Crippen LogP contribution in [-0.4, -0.2) is 43.7 Å². The molecule has 1 unspecified atom stereocenters. The second kappa shape index (κ2) is 11.8. The average molecular weight is 449 g/mol. The van der Waals surface area contributed by atoms with Crippen LogP contribution in [0.5, 0.6) is 5.75 Å². The summed E-state index contributed by atoms with van der Waals surface area (Å²) in [6, 6.07) is 8.23. The summed E-state index contributed by atoms with van der Waals surface area (Å²) in [5, 5.41) is 7.54. The van der Waals surface area contributed by atoms with E-state index in [1.165, 1.54) is 24.2 Å². The molecule has 0 aliphatic carbocycles. The highest BCUT2D eigenvalue weighted by Crippen LogP contribution is 2.25. The maximum Gasteiger partial charge on any atom is 0.191 e. The van der Waals surface area contributed by atoms with Crippen molar-refractivity contribution in [1.29, 1.82) is 0 Å². The van der Waals surface area contributed by atoms with Crippen molar-refractivity contribution in [2.24, 2.45) is 4.99 Å². The van der Waals surface area contributed by atoms with Crippen LogP contribution in [-0.2, 0) is 6.42 Å². The predicted molar refractivity (Wildman–Crippen MR) is 112 cm³/mol. The zero-order chi connectivity index (χ0) is 15.6. The van der Waals surface area contributed by atoms with Gasteiger partial charge in [-0.05, 0) is 43.6 Å². The van der Waals surface area contributed by atoms with Gasteiger partial charge in [0.15, 0.2) is 5.96 Å². The topological polar surface area (TPSA) is 45.6 Å². The fraction of sp³-hybridized carbons (Fsp3) is 0.588. The summed E-state index contributed by atoms with van der Waals surface area (Å²) in [6.07, 6.45) is 3.59. The number of aliphatic imine (C=N–C) groups is 1. The Morgan fingerprint density at radius 3 is 2.87 bits per heavy atom. The van der Waals surface area contributed by atoms with Crippen molar-refractivity contribution in [3.63, 3.8) is 0 Å². The normalized spacial score (nSPS) is 17.5. The largest absolute Gasteiger partial charge is 0.494 e. The maximum atomic E-state index is 5.66. The average Bonchev–Trinajstić information content (AvgIpc) is 3.06. The standard InChI is InChI=1S/C17H27N3OS.HI/c1-3-21-16-9-5-4-7-14(16)10-11-19-17(18-2)20-13-15-8-6-12-22-15;/h4-5,7,9,15H,3,6,8,10-13H2,1-2H3,(H2,18,19,20);1H. The lowest BCUT2D eigenvalue weighted by molar-refractivity contribution is 0.336. The Kier molecular flexibility index (Phi) is 10.5. The van der Waals surface area contributed by atoms with Gasteiger partial charge in [-0.2, -0.15) is 11.8 Å². The van der Waals surface area contributed by atoms with Crippen LogP contribution in [0.2, 0.25) is 0 Å². The van der Waals surface area contributed by atoms with Gasteiger partial charge in [0.05, 0.1) is 6.61 Å². The van der Waals surface area contributed by atoms with Crippen LogP contribution in [0.3, 0.4) is 0 Å². The molecule has 6 heteroatoms. The number of hydrogen-bond acceptors (Lipinski definition) is 3. The molecule has 0 saturated carbocycles. The molecule has 1 heterocycles. The van der Waals surface area contributed by atoms with Crippen molar-refractivity contribution in [2.45, 2.75) is 31.4 Å². The Hall–Kier alpha value is -0.630. The lowest BCUT2D eigenvalue weighted by Gasteiger charge is -2.15. The third-order valence-corrected chi connectivity index (χ3v) is 5.10. The molecule has 23 heavy (non-hydrogen) atoms. The monoisotopic (exact) mass is 449 g/mol. The van der Waals surface area contributed by atoms with Crippen molar-refractivity contribution in [2.75, 3.05) is 32.5 Å². The number of halogens is 1. The Bertz CT molecular complexity index is 479. The summed E-state index contributed by atoms with van der Waals surface area (Å²) in [5.41, 5.74) is 1.23. The molecule has 130 valence electrons. The first kappa shape index (κ1) is 20.4. The summed E-state index contributed by atoms with van der Waals surface area (Å²) < 4.78 is 5.66. The smallest absolute Gasteiger partial charge is 0.191 e. The second-order valence-corrected chi connectivity index (χ2v) is 6.71. The van der Waals surface area contributed by atoms with Crippen LogP contribution in [0.1, 0.15) is 25.3 Å². The van der Waals surface area contributed by atoms with E-state index in [0.29, 0.717) is 6.61 Å². The maximum absolute atomic E-state index is 5.66. The number of nitrogens with one attached hydrogen (secondary N) is 2. The number of benzene rings is 1. The molecule has 1 aromatic rings. The summed E-state index contributed by atoms with van der Waals surface area (Å²) in [7, 11) is 1.82. The minimum absolute atomic E-state index is 0. The van der Waals surface area contributed by atoms with Crippen LogP contribution >= 0.6 is 35.7 Å². The lowest BCUT2D eigenvalue weighted by Crippen LogP contribution is -2.40. The molecule has 0 spiro atoms. The first-order valence-electron chi connectivity index (χ1n) is 8.10. The van der Waals surface area contributed by atoms with Crippen LogP contribution in [0.25, 0.3) is 0 Å². The zero-order valence-electron chi connectivity index (χ0n) is 14.0. The molecule has 0 amide bonds. The number of guanidine groups is 1. The second-order valence-electron chi connectivity index (χ2n) is 5.31. The Morgan fingerprint density at radius 1 is 1.35 bits per heavy atom. The molecule has 1 aromatic carbocycles. The zero-order valence-corrected chi connectivity index (χ0v) is 17.2. The van der Waals surface area contributed by atoms with Crippen LogP contribution < -0.4 is 15.4 Å². The molecule has 0 aromatic heterocycles. The molecular formula is C17H28IN3OS. The van der Waals surface area contributed by atoms with E-state index in [9.17, 15) is 0 Å². The van der Waals surface area contributed by atoms with Crippen molar-refractivity contribution < 1.29 is 4.74 Å². The molecule has 4 nitrogen and oxygen atoms in total. The fourth-order valence-corrected chi connectivity index (χ4v) is 3.76. The number of para-hydroxylation sites is 1. The van der Waals surface area contributed by atoms with Crippen molar-refractivity contribution >= 4 is 41.7 Å². The van der Waals surface area contributed by atoms with Gasteiger partial charge >= 0.3 is 0 Å². The third kappa shape index (κ3) is 7.20. The van der Waals surface area contributed by atoms with Gasteiger partial charge < -0.3 is 15.4 Å². The SMILES string of the molecule is CCOc1ccccc1CCNC(=NC)NCC1CCCS1.I. The molecule has 2 N–H and O–H groups in total. The van der Waals surface area contributed by atoms with Crippen molar-refractivity contribution in [1.82, 2.24) is 10.6 Å². The van der Waals surface area contributed by atoms with Gasteiger partial charge in [0.1, 0.15) is 5.75 Å². The fourth-order valence-electron chi connectivity index (χ4n) is 2.56. The molecular weight excluding hydrogens is 421 g/mol. The van der Waals surface area contributed by atoms with E-state index in [1.807, 2.05) is 26.1 Å². The molecule has 0 bridgehead atoms. The first-order valence-corrected chi connectivity index (χ1v) is 9.15. The van der Waals surface area contributed by atoms with Gasteiger partial charge in [0, 0.05) is 25.4 Å². The van der Waals surface area contributed by atoms with Crippen molar-refractivity contribution in [3.8, 4) is 5.75 Å². The summed E-state index contributed by atoms with van der Waals surface area (Å²) in [5.74, 6) is 3.17. The van der Waals surface area contributed by atoms with E-state index in [4.69, 9.17) is 4.74 Å². The lowest BCUT2D eigenvalue weighted by atomic mass is 10.1. The number of rotatable bonds is 7. The van der Waals surface area contributed by atoms with Crippen LogP contribution in [0, 0.1) is 0 Å². The van der Waals surface area contributed by atoms with Crippen LogP contribution in [0.15, 0.2) is 29.3 Å². The van der Waals surface area contributed by atoms with E-state index in [1.54, 1.807) is 0 Å². The van der Waals surface area contributed by atoms with Crippen molar-refractivity contribution in [3.05, 3.63) is 29.8 Å². The Balaban J connectivity index is 0.00000264. The summed E-state index contributed by atoms with van der Waals surface area (Å²) in [4.78, 5) is 4.29. The van der Waals surface area contributed by atoms with E-state index < -0.39 is 0 Å². The van der Waals surface area contributed by atoms with E-state index in [2.05, 4.69) is 39.5 Å². The van der Waals surface area contributed by atoms with E-state index in [0.717, 1.165) is 36.5 Å². The molecule has 1 aliphatic heterocycles. The number of thioether (sulfide) groups is 1.